The summed E-state index contributed by atoms with van der Waals surface area (Å²) in [4.78, 5) is 11.9. The van der Waals surface area contributed by atoms with Crippen LogP contribution in [-0.4, -0.2) is 17.7 Å². The van der Waals surface area contributed by atoms with Gasteiger partial charge >= 0.3 is 6.03 Å². The van der Waals surface area contributed by atoms with E-state index in [0.717, 1.165) is 5.56 Å². The van der Waals surface area contributed by atoms with E-state index in [4.69, 9.17) is 11.6 Å². The van der Waals surface area contributed by atoms with Gasteiger partial charge < -0.3 is 15.7 Å². The molecule has 0 unspecified atom stereocenters. The molecule has 110 valence electrons. The molecule has 0 aliphatic rings. The van der Waals surface area contributed by atoms with Crippen molar-refractivity contribution in [2.24, 2.45) is 0 Å². The Morgan fingerprint density at radius 3 is 2.57 bits per heavy atom. The maximum absolute atomic E-state index is 13.0. The maximum Gasteiger partial charge on any atom is 0.319 e. The second kappa shape index (κ2) is 7.06. The molecule has 0 fully saturated rings. The van der Waals surface area contributed by atoms with Crippen molar-refractivity contribution in [3.63, 3.8) is 0 Å². The minimum absolute atomic E-state index is 0.0745. The van der Waals surface area contributed by atoms with Gasteiger partial charge in [-0.1, -0.05) is 41.9 Å². The molecule has 2 aromatic rings. The number of aliphatic hydroxyl groups excluding tert-OH is 1. The molecule has 21 heavy (non-hydrogen) atoms. The van der Waals surface area contributed by atoms with Gasteiger partial charge in [-0.2, -0.15) is 0 Å². The summed E-state index contributed by atoms with van der Waals surface area (Å²) in [5.41, 5.74) is 1.15. The summed E-state index contributed by atoms with van der Waals surface area (Å²) in [6.07, 6.45) is 0. The average Bonchev–Trinajstić information content (AvgIpc) is 2.49. The van der Waals surface area contributed by atoms with Crippen molar-refractivity contribution >= 4 is 23.3 Å². The summed E-state index contributed by atoms with van der Waals surface area (Å²) in [6, 6.07) is 11.9. The third-order valence-electron chi connectivity index (χ3n) is 2.87. The lowest BCUT2D eigenvalue weighted by Gasteiger charge is -2.17. The van der Waals surface area contributed by atoms with Crippen LogP contribution >= 0.6 is 11.6 Å². The van der Waals surface area contributed by atoms with E-state index in [0.29, 0.717) is 5.69 Å². The number of aliphatic hydroxyl groups is 1. The highest BCUT2D eigenvalue weighted by Crippen LogP contribution is 2.19. The Morgan fingerprint density at radius 2 is 1.95 bits per heavy atom. The molecule has 0 radical (unpaired) electrons. The standard InChI is InChI=1S/C15H14ClFN2O2/c16-12-8-11(6-7-13(12)17)18-15(21)19-14(9-20)10-4-2-1-3-5-10/h1-8,14,20H,9H2,(H2,18,19,21)/t14-/m1/s1. The second-order valence-electron chi connectivity index (χ2n) is 4.37. The fourth-order valence-corrected chi connectivity index (χ4v) is 2.00. The van der Waals surface area contributed by atoms with Gasteiger partial charge in [0.25, 0.3) is 0 Å². The Morgan fingerprint density at radius 1 is 1.24 bits per heavy atom. The van der Waals surface area contributed by atoms with Gasteiger partial charge in [0.1, 0.15) is 5.82 Å². The number of halogens is 2. The number of hydrogen-bond donors (Lipinski definition) is 3. The molecular formula is C15H14ClFN2O2. The summed E-state index contributed by atoms with van der Waals surface area (Å²) in [7, 11) is 0. The van der Waals surface area contributed by atoms with Crippen LogP contribution in [-0.2, 0) is 0 Å². The zero-order chi connectivity index (χ0) is 15.2. The fourth-order valence-electron chi connectivity index (χ4n) is 1.82. The molecular weight excluding hydrogens is 295 g/mol. The summed E-state index contributed by atoms with van der Waals surface area (Å²) >= 11 is 5.64. The molecule has 2 rings (SSSR count). The first-order valence-corrected chi connectivity index (χ1v) is 6.66. The zero-order valence-corrected chi connectivity index (χ0v) is 11.8. The Labute approximate surface area is 126 Å². The maximum atomic E-state index is 13.0. The van der Waals surface area contributed by atoms with E-state index in [-0.39, 0.29) is 11.6 Å². The molecule has 0 saturated carbocycles. The second-order valence-corrected chi connectivity index (χ2v) is 4.78. The lowest BCUT2D eigenvalue weighted by atomic mass is 10.1. The van der Waals surface area contributed by atoms with E-state index in [9.17, 15) is 14.3 Å². The van der Waals surface area contributed by atoms with Gasteiger partial charge in [0.2, 0.25) is 0 Å². The topological polar surface area (TPSA) is 61.4 Å². The first kappa shape index (κ1) is 15.3. The van der Waals surface area contributed by atoms with Crippen LogP contribution in [0.15, 0.2) is 48.5 Å². The number of carbonyl (C=O) groups excluding carboxylic acids is 1. The number of amides is 2. The molecule has 0 heterocycles. The smallest absolute Gasteiger partial charge is 0.319 e. The fraction of sp³-hybridized carbons (Fsp3) is 0.133. The molecule has 4 nitrogen and oxygen atoms in total. The van der Waals surface area contributed by atoms with Crippen molar-refractivity contribution < 1.29 is 14.3 Å². The van der Waals surface area contributed by atoms with Gasteiger partial charge in [0.05, 0.1) is 17.7 Å². The predicted molar refractivity (Wildman–Crippen MR) is 79.8 cm³/mol. The SMILES string of the molecule is O=C(Nc1ccc(F)c(Cl)c1)N[C@H](CO)c1ccccc1. The predicted octanol–water partition coefficient (Wildman–Crippen LogP) is 3.33. The molecule has 0 saturated heterocycles. The van der Waals surface area contributed by atoms with Gasteiger partial charge in [0, 0.05) is 5.69 Å². The summed E-state index contributed by atoms with van der Waals surface area (Å²) in [5, 5.41) is 14.4. The lowest BCUT2D eigenvalue weighted by Crippen LogP contribution is -2.34. The van der Waals surface area contributed by atoms with Crippen LogP contribution in [0.25, 0.3) is 0 Å². The Balaban J connectivity index is 2.01. The summed E-state index contributed by atoms with van der Waals surface area (Å²) < 4.78 is 13.0. The zero-order valence-electron chi connectivity index (χ0n) is 11.0. The monoisotopic (exact) mass is 308 g/mol. The van der Waals surface area contributed by atoms with Gasteiger partial charge in [0.15, 0.2) is 0 Å². The van der Waals surface area contributed by atoms with Crippen molar-refractivity contribution in [3.8, 4) is 0 Å². The molecule has 0 aromatic heterocycles. The van der Waals surface area contributed by atoms with Crippen LogP contribution in [0.5, 0.6) is 0 Å². The normalized spacial score (nSPS) is 11.8. The van der Waals surface area contributed by atoms with Crippen LogP contribution in [0.2, 0.25) is 5.02 Å². The molecule has 0 bridgehead atoms. The lowest BCUT2D eigenvalue weighted by molar-refractivity contribution is 0.225. The number of rotatable bonds is 4. The van der Waals surface area contributed by atoms with E-state index < -0.39 is 17.9 Å². The van der Waals surface area contributed by atoms with Crippen LogP contribution in [0, 0.1) is 5.82 Å². The van der Waals surface area contributed by atoms with Crippen molar-refractivity contribution in [1.29, 1.82) is 0 Å². The largest absolute Gasteiger partial charge is 0.394 e. The minimum atomic E-state index is -0.555. The number of hydrogen-bond acceptors (Lipinski definition) is 2. The van der Waals surface area contributed by atoms with Crippen LogP contribution in [0.4, 0.5) is 14.9 Å². The Bertz CT molecular complexity index is 622. The molecule has 0 aliphatic heterocycles. The average molecular weight is 309 g/mol. The molecule has 2 amide bonds. The molecule has 6 heteroatoms. The van der Waals surface area contributed by atoms with E-state index in [1.165, 1.54) is 18.2 Å². The van der Waals surface area contributed by atoms with E-state index in [1.807, 2.05) is 18.2 Å². The van der Waals surface area contributed by atoms with Crippen molar-refractivity contribution in [3.05, 3.63) is 64.9 Å². The number of anilines is 1. The van der Waals surface area contributed by atoms with Gasteiger partial charge in [-0.15, -0.1) is 0 Å². The molecule has 2 aromatic carbocycles. The van der Waals surface area contributed by atoms with Gasteiger partial charge in [-0.05, 0) is 23.8 Å². The number of nitrogens with one attached hydrogen (secondary N) is 2. The molecule has 3 N–H and O–H groups in total. The van der Waals surface area contributed by atoms with E-state index in [2.05, 4.69) is 10.6 Å². The minimum Gasteiger partial charge on any atom is -0.394 e. The van der Waals surface area contributed by atoms with Crippen LogP contribution in [0.3, 0.4) is 0 Å². The Hall–Kier alpha value is -2.11. The third kappa shape index (κ3) is 4.18. The number of urea groups is 1. The highest BCUT2D eigenvalue weighted by atomic mass is 35.5. The highest BCUT2D eigenvalue weighted by molar-refractivity contribution is 6.31. The number of benzene rings is 2. The van der Waals surface area contributed by atoms with Crippen LogP contribution < -0.4 is 10.6 Å². The van der Waals surface area contributed by atoms with Crippen LogP contribution in [0.1, 0.15) is 11.6 Å². The molecule has 1 atom stereocenters. The quantitative estimate of drug-likeness (QED) is 0.811. The first-order chi connectivity index (χ1) is 10.1. The van der Waals surface area contributed by atoms with Crippen molar-refractivity contribution in [2.75, 3.05) is 11.9 Å². The highest BCUT2D eigenvalue weighted by Gasteiger charge is 2.13. The van der Waals surface area contributed by atoms with Crippen molar-refractivity contribution in [2.45, 2.75) is 6.04 Å². The first-order valence-electron chi connectivity index (χ1n) is 6.28. The van der Waals surface area contributed by atoms with Crippen molar-refractivity contribution in [1.82, 2.24) is 5.32 Å². The van der Waals surface area contributed by atoms with Gasteiger partial charge in [-0.25, -0.2) is 9.18 Å². The summed E-state index contributed by atoms with van der Waals surface area (Å²) in [6.45, 7) is -0.235. The Kier molecular flexibility index (Phi) is 5.14. The van der Waals surface area contributed by atoms with E-state index >= 15 is 0 Å². The van der Waals surface area contributed by atoms with Gasteiger partial charge in [-0.3, -0.25) is 0 Å². The molecule has 0 aliphatic carbocycles. The number of carbonyl (C=O) groups is 1. The molecule has 0 spiro atoms. The van der Waals surface area contributed by atoms with E-state index in [1.54, 1.807) is 12.1 Å². The third-order valence-corrected chi connectivity index (χ3v) is 3.16. The summed E-state index contributed by atoms with van der Waals surface area (Å²) in [5.74, 6) is -0.555.